The molecule has 1 aromatic carbocycles. The molecule has 3 aromatic rings. The van der Waals surface area contributed by atoms with E-state index in [1.54, 1.807) is 18.5 Å². The highest BCUT2D eigenvalue weighted by atomic mass is 35.5. The Balaban J connectivity index is 2.29. The van der Waals surface area contributed by atoms with Crippen LogP contribution in [0.15, 0.2) is 59.5 Å². The lowest BCUT2D eigenvalue weighted by Gasteiger charge is -2.09. The van der Waals surface area contributed by atoms with Gasteiger partial charge >= 0.3 is 0 Å². The molecule has 0 radical (unpaired) electrons. The van der Waals surface area contributed by atoms with Gasteiger partial charge in [-0.3, -0.25) is 0 Å². The van der Waals surface area contributed by atoms with Gasteiger partial charge in [-0.15, -0.1) is 11.8 Å². The number of benzene rings is 1. The van der Waals surface area contributed by atoms with Crippen LogP contribution in [0.3, 0.4) is 0 Å². The van der Waals surface area contributed by atoms with Gasteiger partial charge in [0.15, 0.2) is 11.3 Å². The number of hydrogen-bond acceptors (Lipinski definition) is 6. The third-order valence-electron chi connectivity index (χ3n) is 3.34. The van der Waals surface area contributed by atoms with Crippen molar-refractivity contribution in [3.05, 3.63) is 65.2 Å². The standard InChI is InChI=1S/C17H15ClN6S/c1-10(25-2)22-13(6-7-19)15-14(11-4-3-5-12(18)8-11)23-16-17(24-15)21-9-20-16/h3-9H,1,19H2,2H3,(H,20,21,23,24)/b7-6-,22-13?. The van der Waals surface area contributed by atoms with Crippen molar-refractivity contribution in [2.24, 2.45) is 10.7 Å². The van der Waals surface area contributed by atoms with E-state index in [1.807, 2.05) is 24.5 Å². The largest absolute Gasteiger partial charge is 0.405 e. The molecule has 2 heterocycles. The molecule has 0 saturated heterocycles. The molecule has 0 amide bonds. The summed E-state index contributed by atoms with van der Waals surface area (Å²) in [6, 6.07) is 7.38. The number of aliphatic imine (C=N–C) groups is 1. The fourth-order valence-electron chi connectivity index (χ4n) is 2.22. The van der Waals surface area contributed by atoms with Gasteiger partial charge in [-0.1, -0.05) is 30.3 Å². The second kappa shape index (κ2) is 7.50. The Morgan fingerprint density at radius 2 is 2.24 bits per heavy atom. The van der Waals surface area contributed by atoms with E-state index in [-0.39, 0.29) is 0 Å². The number of hydrogen-bond donors (Lipinski definition) is 2. The summed E-state index contributed by atoms with van der Waals surface area (Å²) in [5.41, 5.74) is 9.23. The number of nitrogens with one attached hydrogen (secondary N) is 1. The minimum Gasteiger partial charge on any atom is -0.405 e. The first kappa shape index (κ1) is 17.2. The summed E-state index contributed by atoms with van der Waals surface area (Å²) in [7, 11) is 0. The fourth-order valence-corrected chi connectivity index (χ4v) is 2.60. The number of imidazole rings is 1. The highest BCUT2D eigenvalue weighted by Crippen LogP contribution is 2.26. The van der Waals surface area contributed by atoms with Crippen LogP contribution >= 0.6 is 23.4 Å². The summed E-state index contributed by atoms with van der Waals surface area (Å²) in [5, 5.41) is 1.24. The van der Waals surface area contributed by atoms with Crippen molar-refractivity contribution in [3.63, 3.8) is 0 Å². The monoisotopic (exact) mass is 370 g/mol. The molecule has 0 atom stereocenters. The molecule has 0 aliphatic rings. The molecule has 3 N–H and O–H groups in total. The van der Waals surface area contributed by atoms with Crippen LogP contribution < -0.4 is 5.73 Å². The Morgan fingerprint density at radius 1 is 1.40 bits per heavy atom. The molecule has 3 rings (SSSR count). The number of aromatic amines is 1. The zero-order chi connectivity index (χ0) is 17.8. The average molecular weight is 371 g/mol. The van der Waals surface area contributed by atoms with Crippen molar-refractivity contribution in [1.29, 1.82) is 0 Å². The van der Waals surface area contributed by atoms with Crippen molar-refractivity contribution in [3.8, 4) is 11.3 Å². The Bertz CT molecular complexity index is 992. The van der Waals surface area contributed by atoms with Crippen LogP contribution in [0.2, 0.25) is 5.02 Å². The molecule has 0 aliphatic heterocycles. The van der Waals surface area contributed by atoms with E-state index in [0.29, 0.717) is 38.4 Å². The van der Waals surface area contributed by atoms with E-state index >= 15 is 0 Å². The van der Waals surface area contributed by atoms with Gasteiger partial charge in [0.2, 0.25) is 0 Å². The van der Waals surface area contributed by atoms with Gasteiger partial charge in [0, 0.05) is 10.6 Å². The van der Waals surface area contributed by atoms with E-state index in [0.717, 1.165) is 5.56 Å². The topological polar surface area (TPSA) is 92.8 Å². The maximum atomic E-state index is 6.14. The maximum absolute atomic E-state index is 6.14. The van der Waals surface area contributed by atoms with Gasteiger partial charge in [-0.2, -0.15) is 0 Å². The highest BCUT2D eigenvalue weighted by molar-refractivity contribution is 8.02. The molecule has 0 unspecified atom stereocenters. The quantitative estimate of drug-likeness (QED) is 0.667. The number of fused-ring (bicyclic) bond motifs is 1. The smallest absolute Gasteiger partial charge is 0.197 e. The molecule has 2 aromatic heterocycles. The predicted octanol–water partition coefficient (Wildman–Crippen LogP) is 3.77. The highest BCUT2D eigenvalue weighted by Gasteiger charge is 2.16. The Hall–Kier alpha value is -2.64. The van der Waals surface area contributed by atoms with E-state index in [4.69, 9.17) is 17.3 Å². The lowest BCUT2D eigenvalue weighted by atomic mass is 10.1. The molecule has 6 nitrogen and oxygen atoms in total. The predicted molar refractivity (Wildman–Crippen MR) is 105 cm³/mol. The van der Waals surface area contributed by atoms with Crippen molar-refractivity contribution >= 4 is 40.4 Å². The van der Waals surface area contributed by atoms with Gasteiger partial charge in [-0.05, 0) is 30.7 Å². The second-order valence-corrected chi connectivity index (χ2v) is 6.28. The number of allylic oxidation sites excluding steroid dienone is 1. The van der Waals surface area contributed by atoms with Crippen LogP contribution in [0.5, 0.6) is 0 Å². The lowest BCUT2D eigenvalue weighted by molar-refractivity contribution is 1.23. The molecule has 0 aliphatic carbocycles. The Labute approximate surface area is 154 Å². The van der Waals surface area contributed by atoms with Crippen LogP contribution in [-0.4, -0.2) is 31.9 Å². The van der Waals surface area contributed by atoms with Gasteiger partial charge < -0.3 is 10.7 Å². The van der Waals surface area contributed by atoms with Crippen molar-refractivity contribution in [1.82, 2.24) is 19.9 Å². The second-order valence-electron chi connectivity index (χ2n) is 4.96. The number of halogens is 1. The van der Waals surface area contributed by atoms with Gasteiger partial charge in [-0.25, -0.2) is 19.9 Å². The van der Waals surface area contributed by atoms with Gasteiger partial charge in [0.25, 0.3) is 0 Å². The van der Waals surface area contributed by atoms with E-state index < -0.39 is 0 Å². The number of nitrogens with two attached hydrogens (primary N) is 1. The molecule has 25 heavy (non-hydrogen) atoms. The number of aromatic nitrogens is 4. The van der Waals surface area contributed by atoms with Crippen molar-refractivity contribution in [2.75, 3.05) is 6.26 Å². The number of H-pyrrole nitrogens is 1. The van der Waals surface area contributed by atoms with Crippen LogP contribution in [0.25, 0.3) is 22.6 Å². The number of rotatable bonds is 5. The fraction of sp³-hybridized carbons (Fsp3) is 0.0588. The first-order valence-electron chi connectivity index (χ1n) is 7.29. The minimum absolute atomic E-state index is 0.512. The van der Waals surface area contributed by atoms with Crippen LogP contribution in [-0.2, 0) is 0 Å². The molecule has 8 heteroatoms. The third-order valence-corrected chi connectivity index (χ3v) is 4.14. The van der Waals surface area contributed by atoms with Crippen LogP contribution in [0, 0.1) is 0 Å². The zero-order valence-electron chi connectivity index (χ0n) is 13.4. The Morgan fingerprint density at radius 3 is 2.96 bits per heavy atom. The van der Waals surface area contributed by atoms with E-state index in [9.17, 15) is 0 Å². The molecule has 0 spiro atoms. The van der Waals surface area contributed by atoms with Crippen LogP contribution in [0.1, 0.15) is 5.69 Å². The lowest BCUT2D eigenvalue weighted by Crippen LogP contribution is -2.07. The van der Waals surface area contributed by atoms with E-state index in [2.05, 4.69) is 31.5 Å². The van der Waals surface area contributed by atoms with Gasteiger partial charge in [0.05, 0.1) is 17.1 Å². The molecule has 0 bridgehead atoms. The summed E-state index contributed by atoms with van der Waals surface area (Å²) in [6.45, 7) is 3.90. The first-order chi connectivity index (χ1) is 12.1. The molecule has 0 fully saturated rings. The molecular weight excluding hydrogens is 356 g/mol. The van der Waals surface area contributed by atoms with E-state index in [1.165, 1.54) is 18.0 Å². The summed E-state index contributed by atoms with van der Waals surface area (Å²) >= 11 is 7.58. The number of nitrogens with zero attached hydrogens (tertiary/aromatic N) is 4. The summed E-state index contributed by atoms with van der Waals surface area (Å²) in [5.74, 6) is 0. The first-order valence-corrected chi connectivity index (χ1v) is 8.90. The number of thioether (sulfide) groups is 1. The average Bonchev–Trinajstić information content (AvgIpc) is 3.07. The summed E-state index contributed by atoms with van der Waals surface area (Å²) < 4.78 is 0. The molecule has 0 saturated carbocycles. The summed E-state index contributed by atoms with van der Waals surface area (Å²) in [4.78, 5) is 20.9. The minimum atomic E-state index is 0.512. The SMILES string of the molecule is C=C(N=C(/C=C\N)c1nc2[nH]cnc2nc1-c1cccc(Cl)c1)SC. The normalized spacial score (nSPS) is 12.2. The van der Waals surface area contributed by atoms with Crippen LogP contribution in [0.4, 0.5) is 0 Å². The molecular formula is C17H15ClN6S. The van der Waals surface area contributed by atoms with Crippen molar-refractivity contribution < 1.29 is 0 Å². The Kier molecular flexibility index (Phi) is 5.16. The van der Waals surface area contributed by atoms with Gasteiger partial charge in [0.1, 0.15) is 11.4 Å². The molecule has 126 valence electrons. The zero-order valence-corrected chi connectivity index (χ0v) is 15.0. The summed E-state index contributed by atoms with van der Waals surface area (Å²) in [6.07, 6.45) is 6.53. The maximum Gasteiger partial charge on any atom is 0.197 e. The van der Waals surface area contributed by atoms with Crippen molar-refractivity contribution in [2.45, 2.75) is 0 Å². The third kappa shape index (κ3) is 3.72.